The Morgan fingerprint density at radius 1 is 0.250 bits per heavy atom. The standard InChI is InChI=1S/C60H62O24/c1-67-39-19-13-33(25-45(39)73-7)55(61)79-31-51(81-57(63)35-15-21-41(69-3)47(27-35)75-9)53(83-59(65)37-17-23-43(71-5)49(29-37)77-11)54(84-60(66)38-18-24-44(72-6)50(30-38)78-12)52(82-58(64)36-16-22-42(70-4)48(28-36)76-10)32-80-56(62)34-14-20-40(68-2)46(26-34)74-8/h13-30,51-54H,31-32H2,1-12H3/t51-,52-,53-,54-/m1/s1. The summed E-state index contributed by atoms with van der Waals surface area (Å²) < 4.78 is 102. The van der Waals surface area contributed by atoms with E-state index in [4.69, 9.17) is 85.3 Å². The van der Waals surface area contributed by atoms with Crippen LogP contribution in [0.3, 0.4) is 0 Å². The fourth-order valence-corrected chi connectivity index (χ4v) is 8.16. The Morgan fingerprint density at radius 2 is 0.429 bits per heavy atom. The predicted octanol–water partition coefficient (Wildman–Crippen LogP) is 7.71. The van der Waals surface area contributed by atoms with E-state index in [-0.39, 0.29) is 102 Å². The van der Waals surface area contributed by atoms with E-state index >= 15 is 0 Å². The van der Waals surface area contributed by atoms with Gasteiger partial charge in [-0.1, -0.05) is 0 Å². The molecule has 0 heterocycles. The van der Waals surface area contributed by atoms with Gasteiger partial charge in [0.25, 0.3) is 0 Å². The van der Waals surface area contributed by atoms with Gasteiger partial charge in [-0.15, -0.1) is 0 Å². The fraction of sp³-hybridized carbons (Fsp3) is 0.300. The van der Waals surface area contributed by atoms with E-state index in [1.54, 1.807) is 0 Å². The van der Waals surface area contributed by atoms with E-state index in [2.05, 4.69) is 0 Å². The van der Waals surface area contributed by atoms with Gasteiger partial charge >= 0.3 is 35.8 Å². The van der Waals surface area contributed by atoms with Crippen LogP contribution in [0, 0.1) is 0 Å². The smallest absolute Gasteiger partial charge is 0.338 e. The van der Waals surface area contributed by atoms with Crippen LogP contribution < -0.4 is 56.8 Å². The van der Waals surface area contributed by atoms with E-state index in [0.29, 0.717) is 0 Å². The molecule has 0 aliphatic carbocycles. The van der Waals surface area contributed by atoms with E-state index in [1.807, 2.05) is 0 Å². The molecular weight excluding hydrogens is 1100 g/mol. The number of hydrogen-bond acceptors (Lipinski definition) is 24. The zero-order valence-electron chi connectivity index (χ0n) is 47.9. The van der Waals surface area contributed by atoms with Crippen molar-refractivity contribution in [3.8, 4) is 69.0 Å². The lowest BCUT2D eigenvalue weighted by Crippen LogP contribution is -2.54. The molecule has 0 spiro atoms. The van der Waals surface area contributed by atoms with Gasteiger partial charge in [-0.05, 0) is 109 Å². The first kappa shape index (κ1) is 62.9. The largest absolute Gasteiger partial charge is 0.493 e. The summed E-state index contributed by atoms with van der Waals surface area (Å²) in [6.07, 6.45) is -8.71. The topological polar surface area (TPSA) is 269 Å². The summed E-state index contributed by atoms with van der Waals surface area (Å²) in [6.45, 7) is -2.05. The molecule has 0 aliphatic heterocycles. The molecule has 0 unspecified atom stereocenters. The SMILES string of the molecule is COc1ccc(C(=O)OC[C@@H](OC(=O)c2ccc(OC)c(OC)c2)[C@@H](OC(=O)c2ccc(OC)c(OC)c2)[C@H](OC(=O)c2ccc(OC)c(OC)c2)[C@@H](COC(=O)c2ccc(OC)c(OC)c2)OC(=O)c2ccc(OC)c(OC)c2)cc1OC. The van der Waals surface area contributed by atoms with Crippen molar-refractivity contribution < 1.29 is 114 Å². The van der Waals surface area contributed by atoms with Gasteiger partial charge in [-0.25, -0.2) is 28.8 Å². The summed E-state index contributed by atoms with van der Waals surface area (Å²) in [5.74, 6) is -4.95. The van der Waals surface area contributed by atoms with Gasteiger partial charge in [0.15, 0.2) is 93.4 Å². The molecule has 24 nitrogen and oxygen atoms in total. The maximum atomic E-state index is 15.0. The number of hydrogen-bond donors (Lipinski definition) is 0. The van der Waals surface area contributed by atoms with Crippen LogP contribution in [0.1, 0.15) is 62.1 Å². The second-order valence-corrected chi connectivity index (χ2v) is 17.2. The van der Waals surface area contributed by atoms with Crippen LogP contribution in [0.2, 0.25) is 0 Å². The minimum Gasteiger partial charge on any atom is -0.493 e. The van der Waals surface area contributed by atoms with Crippen LogP contribution in [0.25, 0.3) is 0 Å². The third-order valence-corrected chi connectivity index (χ3v) is 12.5. The molecule has 6 rings (SSSR count). The molecule has 24 heteroatoms. The maximum absolute atomic E-state index is 15.0. The molecule has 0 aliphatic rings. The van der Waals surface area contributed by atoms with Crippen LogP contribution in [0.4, 0.5) is 0 Å². The van der Waals surface area contributed by atoms with Crippen LogP contribution in [-0.4, -0.2) is 159 Å². The van der Waals surface area contributed by atoms with Crippen molar-refractivity contribution in [3.63, 3.8) is 0 Å². The number of benzene rings is 6. The Balaban J connectivity index is 1.63. The highest BCUT2D eigenvalue weighted by Crippen LogP contribution is 2.35. The highest BCUT2D eigenvalue weighted by molar-refractivity contribution is 5.94. The van der Waals surface area contributed by atoms with Crippen molar-refractivity contribution in [2.45, 2.75) is 24.4 Å². The molecular formula is C60H62O24. The lowest BCUT2D eigenvalue weighted by Gasteiger charge is -2.36. The second kappa shape index (κ2) is 30.0. The lowest BCUT2D eigenvalue weighted by molar-refractivity contribution is -0.138. The van der Waals surface area contributed by atoms with Crippen molar-refractivity contribution in [2.24, 2.45) is 0 Å². The third kappa shape index (κ3) is 15.2. The first-order valence-electron chi connectivity index (χ1n) is 25.1. The molecule has 0 amide bonds. The van der Waals surface area contributed by atoms with Crippen molar-refractivity contribution in [1.82, 2.24) is 0 Å². The molecule has 0 radical (unpaired) electrons. The van der Waals surface area contributed by atoms with Gasteiger partial charge in [0.2, 0.25) is 0 Å². The minimum atomic E-state index is -2.26. The highest BCUT2D eigenvalue weighted by atomic mass is 16.7. The van der Waals surface area contributed by atoms with Gasteiger partial charge in [-0.2, -0.15) is 0 Å². The fourth-order valence-electron chi connectivity index (χ4n) is 8.16. The zero-order valence-corrected chi connectivity index (χ0v) is 47.9. The van der Waals surface area contributed by atoms with Crippen molar-refractivity contribution in [1.29, 1.82) is 0 Å². The Bertz CT molecular complexity index is 3080. The first-order valence-corrected chi connectivity index (χ1v) is 25.1. The summed E-state index contributed by atoms with van der Waals surface area (Å²) in [5, 5.41) is 0. The van der Waals surface area contributed by atoms with Gasteiger partial charge in [0.1, 0.15) is 13.2 Å². The van der Waals surface area contributed by atoms with Crippen LogP contribution in [0.5, 0.6) is 69.0 Å². The predicted molar refractivity (Wildman–Crippen MR) is 295 cm³/mol. The Morgan fingerprint density at radius 3 is 0.619 bits per heavy atom. The number of ether oxygens (including phenoxy) is 18. The Kier molecular flexibility index (Phi) is 22.5. The summed E-state index contributed by atoms with van der Waals surface area (Å²) in [4.78, 5) is 87.8. The second-order valence-electron chi connectivity index (χ2n) is 17.2. The molecule has 0 fully saturated rings. The summed E-state index contributed by atoms with van der Waals surface area (Å²) >= 11 is 0. The summed E-state index contributed by atoms with van der Waals surface area (Å²) in [5.41, 5.74) is -1.03. The van der Waals surface area contributed by atoms with Crippen molar-refractivity contribution in [3.05, 3.63) is 143 Å². The quantitative estimate of drug-likeness (QED) is 0.0321. The molecule has 446 valence electrons. The Hall–Kier alpha value is -10.3. The van der Waals surface area contributed by atoms with E-state index < -0.39 is 73.4 Å². The third-order valence-electron chi connectivity index (χ3n) is 12.5. The number of carbonyl (C=O) groups is 6. The van der Waals surface area contributed by atoms with Gasteiger partial charge in [-0.3, -0.25) is 0 Å². The average Bonchev–Trinajstić information content (AvgIpc) is 3.73. The zero-order chi connectivity index (χ0) is 61.0. The van der Waals surface area contributed by atoms with Crippen LogP contribution >= 0.6 is 0 Å². The van der Waals surface area contributed by atoms with E-state index in [9.17, 15) is 28.8 Å². The number of carbonyl (C=O) groups excluding carboxylic acids is 6. The average molecular weight is 1170 g/mol. The van der Waals surface area contributed by atoms with Crippen molar-refractivity contribution >= 4 is 35.8 Å². The van der Waals surface area contributed by atoms with Gasteiger partial charge in [0.05, 0.1) is 119 Å². The Labute approximate surface area is 482 Å². The van der Waals surface area contributed by atoms with Crippen LogP contribution in [-0.2, 0) is 28.4 Å². The first-order chi connectivity index (χ1) is 40.5. The number of methoxy groups -OCH3 is 12. The molecule has 0 aromatic heterocycles. The molecule has 0 saturated heterocycles. The molecule has 4 atom stereocenters. The normalized spacial score (nSPS) is 12.0. The molecule has 6 aromatic rings. The molecule has 84 heavy (non-hydrogen) atoms. The summed E-state index contributed by atoms with van der Waals surface area (Å²) in [6, 6.07) is 24.1. The van der Waals surface area contributed by atoms with Crippen molar-refractivity contribution in [2.75, 3.05) is 98.5 Å². The van der Waals surface area contributed by atoms with Crippen LogP contribution in [0.15, 0.2) is 109 Å². The maximum Gasteiger partial charge on any atom is 0.338 e. The molecule has 0 bridgehead atoms. The summed E-state index contributed by atoms with van der Waals surface area (Å²) in [7, 11) is 16.2. The highest BCUT2D eigenvalue weighted by Gasteiger charge is 2.47. The minimum absolute atomic E-state index is 0.0593. The lowest BCUT2D eigenvalue weighted by atomic mass is 10.0. The molecule has 0 N–H and O–H groups in total. The molecule has 0 saturated carbocycles. The monoisotopic (exact) mass is 1170 g/mol. The van der Waals surface area contributed by atoms with Gasteiger partial charge in [0, 0.05) is 0 Å². The van der Waals surface area contributed by atoms with E-state index in [0.717, 1.165) is 0 Å². The number of esters is 6. The molecule has 6 aromatic carbocycles. The number of rotatable bonds is 29. The van der Waals surface area contributed by atoms with Gasteiger partial charge < -0.3 is 85.3 Å². The van der Waals surface area contributed by atoms with E-state index in [1.165, 1.54) is 195 Å².